The third kappa shape index (κ3) is 2.38. The first-order valence-corrected chi connectivity index (χ1v) is 6.39. The fraction of sp³-hybridized carbons (Fsp3) is 0.200. The molecule has 0 bridgehead atoms. The zero-order valence-electron chi connectivity index (χ0n) is 11.8. The fourth-order valence-corrected chi connectivity index (χ4v) is 2.17. The molecule has 0 N–H and O–H groups in total. The molecule has 0 unspecified atom stereocenters. The Hall–Kier alpha value is -2.57. The third-order valence-corrected chi connectivity index (χ3v) is 3.30. The molecular formula is C15H11F3N3O. The van der Waals surface area contributed by atoms with Crippen molar-refractivity contribution in [3.8, 4) is 11.6 Å². The number of hydrogen-bond acceptors (Lipinski definition) is 3. The van der Waals surface area contributed by atoms with Gasteiger partial charge in [-0.3, -0.25) is 0 Å². The predicted octanol–water partition coefficient (Wildman–Crippen LogP) is 3.56. The Kier molecular flexibility index (Phi) is 3.27. The smallest absolute Gasteiger partial charge is 0.435 e. The number of nitrogens with zero attached hydrogens (tertiary/aromatic N) is 3. The summed E-state index contributed by atoms with van der Waals surface area (Å²) in [5.41, 5.74) is 0.443. The highest BCUT2D eigenvalue weighted by Crippen LogP contribution is 2.29. The number of aryl methyl sites for hydroxylation is 1. The average Bonchev–Trinajstić information content (AvgIpc) is 2.97. The van der Waals surface area contributed by atoms with Crippen molar-refractivity contribution in [3.63, 3.8) is 0 Å². The van der Waals surface area contributed by atoms with Crippen LogP contribution >= 0.6 is 0 Å². The monoisotopic (exact) mass is 306 g/mol. The van der Waals surface area contributed by atoms with Crippen LogP contribution in [-0.2, 0) is 6.18 Å². The van der Waals surface area contributed by atoms with E-state index in [0.717, 1.165) is 21.7 Å². The largest absolute Gasteiger partial charge is 0.496 e. The topological polar surface area (TPSA) is 39.9 Å². The molecule has 0 fully saturated rings. The molecule has 3 aromatic rings. The van der Waals surface area contributed by atoms with Crippen molar-refractivity contribution in [2.24, 2.45) is 0 Å². The molecule has 113 valence electrons. The SMILES string of the molecule is COc1ccc2[c]cc(-n3ccc(C(F)(F)F)n3)nc2c1C. The average molecular weight is 306 g/mol. The van der Waals surface area contributed by atoms with Crippen molar-refractivity contribution in [2.75, 3.05) is 7.11 Å². The minimum atomic E-state index is -4.48. The van der Waals surface area contributed by atoms with E-state index in [9.17, 15) is 13.2 Å². The minimum absolute atomic E-state index is 0.263. The van der Waals surface area contributed by atoms with E-state index in [1.807, 2.05) is 6.92 Å². The van der Waals surface area contributed by atoms with Gasteiger partial charge in [-0.25, -0.2) is 9.67 Å². The van der Waals surface area contributed by atoms with Gasteiger partial charge in [0.15, 0.2) is 11.5 Å². The number of hydrogen-bond donors (Lipinski definition) is 0. The number of aromatic nitrogens is 3. The summed E-state index contributed by atoms with van der Waals surface area (Å²) in [7, 11) is 1.55. The summed E-state index contributed by atoms with van der Waals surface area (Å²) in [5.74, 6) is 0.918. The molecule has 0 saturated heterocycles. The van der Waals surface area contributed by atoms with Crippen LogP contribution in [0.5, 0.6) is 5.75 Å². The third-order valence-electron chi connectivity index (χ3n) is 3.30. The van der Waals surface area contributed by atoms with Crippen LogP contribution in [0.4, 0.5) is 13.2 Å². The van der Waals surface area contributed by atoms with Gasteiger partial charge in [0, 0.05) is 17.1 Å². The van der Waals surface area contributed by atoms with Crippen molar-refractivity contribution < 1.29 is 17.9 Å². The molecule has 0 atom stereocenters. The molecule has 0 aliphatic carbocycles. The number of halogens is 3. The predicted molar refractivity (Wildman–Crippen MR) is 74.0 cm³/mol. The second kappa shape index (κ2) is 5.01. The number of methoxy groups -OCH3 is 1. The Morgan fingerprint density at radius 3 is 2.64 bits per heavy atom. The summed E-state index contributed by atoms with van der Waals surface area (Å²) in [6.07, 6.45) is -3.26. The standard InChI is InChI=1S/C15H11F3N3O/c1-9-11(22-2)5-3-10-4-6-13(19-14(9)10)21-8-7-12(20-21)15(16,17)18/h3,5-8H,1-2H3. The molecule has 0 saturated carbocycles. The van der Waals surface area contributed by atoms with Crippen LogP contribution in [0.15, 0.2) is 30.5 Å². The fourth-order valence-electron chi connectivity index (χ4n) is 2.17. The molecule has 1 radical (unpaired) electrons. The van der Waals surface area contributed by atoms with Crippen molar-refractivity contribution >= 4 is 10.9 Å². The Labute approximate surface area is 124 Å². The highest BCUT2D eigenvalue weighted by Gasteiger charge is 2.33. The second-order valence-electron chi connectivity index (χ2n) is 4.69. The highest BCUT2D eigenvalue weighted by molar-refractivity contribution is 5.84. The van der Waals surface area contributed by atoms with E-state index in [2.05, 4.69) is 16.1 Å². The van der Waals surface area contributed by atoms with Gasteiger partial charge in [-0.05, 0) is 37.3 Å². The molecule has 7 heteroatoms. The zero-order chi connectivity index (χ0) is 15.9. The van der Waals surface area contributed by atoms with E-state index in [4.69, 9.17) is 4.74 Å². The lowest BCUT2D eigenvalue weighted by Crippen LogP contribution is -2.08. The van der Waals surface area contributed by atoms with Gasteiger partial charge in [0.05, 0.1) is 12.6 Å². The first-order valence-electron chi connectivity index (χ1n) is 6.39. The Bertz CT molecular complexity index is 840. The van der Waals surface area contributed by atoms with Crippen molar-refractivity contribution in [1.29, 1.82) is 0 Å². The lowest BCUT2D eigenvalue weighted by atomic mass is 10.1. The molecule has 22 heavy (non-hydrogen) atoms. The second-order valence-corrected chi connectivity index (χ2v) is 4.69. The van der Waals surface area contributed by atoms with Crippen LogP contribution in [0.2, 0.25) is 0 Å². The van der Waals surface area contributed by atoms with E-state index >= 15 is 0 Å². The maximum absolute atomic E-state index is 12.6. The molecule has 0 aliphatic heterocycles. The number of ether oxygens (including phenoxy) is 1. The van der Waals surface area contributed by atoms with Crippen LogP contribution in [-0.4, -0.2) is 21.9 Å². The highest BCUT2D eigenvalue weighted by atomic mass is 19.4. The van der Waals surface area contributed by atoms with E-state index in [-0.39, 0.29) is 5.82 Å². The first-order chi connectivity index (χ1) is 10.4. The van der Waals surface area contributed by atoms with Gasteiger partial charge < -0.3 is 4.74 Å². The summed E-state index contributed by atoms with van der Waals surface area (Å²) >= 11 is 0. The molecule has 1 aromatic carbocycles. The zero-order valence-corrected chi connectivity index (χ0v) is 11.8. The minimum Gasteiger partial charge on any atom is -0.496 e. The first kappa shape index (κ1) is 14.4. The number of benzene rings is 1. The van der Waals surface area contributed by atoms with Gasteiger partial charge in [0.1, 0.15) is 5.75 Å². The summed E-state index contributed by atoms with van der Waals surface area (Å²) in [6.45, 7) is 1.83. The quantitative estimate of drug-likeness (QED) is 0.727. The van der Waals surface area contributed by atoms with Gasteiger partial charge in [0.25, 0.3) is 0 Å². The lowest BCUT2D eigenvalue weighted by Gasteiger charge is -2.09. The Morgan fingerprint density at radius 2 is 2.00 bits per heavy atom. The van der Waals surface area contributed by atoms with Gasteiger partial charge in [-0.15, -0.1) is 0 Å². The molecule has 2 aromatic heterocycles. The molecule has 0 aliphatic rings. The van der Waals surface area contributed by atoms with Crippen molar-refractivity contribution in [2.45, 2.75) is 13.1 Å². The number of rotatable bonds is 2. The summed E-state index contributed by atoms with van der Waals surface area (Å²) in [6, 6.07) is 9.00. The van der Waals surface area contributed by atoms with E-state index in [1.165, 1.54) is 12.3 Å². The number of pyridine rings is 1. The molecule has 0 amide bonds. The number of alkyl halides is 3. The maximum atomic E-state index is 12.6. The lowest BCUT2D eigenvalue weighted by molar-refractivity contribution is -0.141. The van der Waals surface area contributed by atoms with Crippen LogP contribution in [0.3, 0.4) is 0 Å². The van der Waals surface area contributed by atoms with Crippen LogP contribution in [0.1, 0.15) is 11.3 Å². The van der Waals surface area contributed by atoms with Gasteiger partial charge >= 0.3 is 6.18 Å². The van der Waals surface area contributed by atoms with E-state index in [1.54, 1.807) is 19.2 Å². The van der Waals surface area contributed by atoms with Gasteiger partial charge in [0.2, 0.25) is 0 Å². The molecular weight excluding hydrogens is 295 g/mol. The molecule has 2 heterocycles. The van der Waals surface area contributed by atoms with Gasteiger partial charge in [-0.1, -0.05) is 0 Å². The normalized spacial score (nSPS) is 11.9. The molecule has 3 rings (SSSR count). The maximum Gasteiger partial charge on any atom is 0.435 e. The Balaban J connectivity index is 2.12. The summed E-state index contributed by atoms with van der Waals surface area (Å²) in [4.78, 5) is 4.37. The van der Waals surface area contributed by atoms with Crippen molar-refractivity contribution in [1.82, 2.24) is 14.8 Å². The van der Waals surface area contributed by atoms with E-state index < -0.39 is 11.9 Å². The number of fused-ring (bicyclic) bond motifs is 1. The van der Waals surface area contributed by atoms with E-state index in [0.29, 0.717) is 11.3 Å². The summed E-state index contributed by atoms with van der Waals surface area (Å²) < 4.78 is 44.1. The van der Waals surface area contributed by atoms with Crippen LogP contribution < -0.4 is 4.74 Å². The molecule has 0 spiro atoms. The Morgan fingerprint density at radius 1 is 1.23 bits per heavy atom. The molecule has 4 nitrogen and oxygen atoms in total. The summed E-state index contributed by atoms with van der Waals surface area (Å²) in [5, 5.41) is 4.26. The van der Waals surface area contributed by atoms with Crippen LogP contribution in [0.25, 0.3) is 16.7 Å². The van der Waals surface area contributed by atoms with Crippen LogP contribution in [0, 0.1) is 13.0 Å². The van der Waals surface area contributed by atoms with Crippen molar-refractivity contribution in [3.05, 3.63) is 47.8 Å². The van der Waals surface area contributed by atoms with Gasteiger partial charge in [-0.2, -0.15) is 18.3 Å².